The van der Waals surface area contributed by atoms with E-state index in [0.29, 0.717) is 0 Å². The maximum Gasteiger partial charge on any atom is 0.143 e. The van der Waals surface area contributed by atoms with Gasteiger partial charge in [0.2, 0.25) is 0 Å². The van der Waals surface area contributed by atoms with Gasteiger partial charge in [0.05, 0.1) is 0 Å². The average Bonchev–Trinajstić information content (AvgIpc) is 3.68. The van der Waals surface area contributed by atoms with Crippen molar-refractivity contribution in [3.8, 4) is 55.8 Å². The van der Waals surface area contributed by atoms with Gasteiger partial charge in [0.15, 0.2) is 0 Å². The fourth-order valence-corrected chi connectivity index (χ4v) is 7.95. The van der Waals surface area contributed by atoms with E-state index >= 15 is 0 Å². The second-order valence-corrected chi connectivity index (χ2v) is 14.1. The number of benzene rings is 9. The van der Waals surface area contributed by atoms with E-state index in [4.69, 9.17) is 4.42 Å². The van der Waals surface area contributed by atoms with E-state index in [1.807, 2.05) is 12.1 Å². The van der Waals surface area contributed by atoms with Crippen LogP contribution in [0.2, 0.25) is 0 Å². The molecule has 0 fully saturated rings. The lowest BCUT2D eigenvalue weighted by molar-refractivity contribution is 0.632. The average molecular weight is 716 g/mol. The molecule has 1 heterocycles. The van der Waals surface area contributed by atoms with Crippen molar-refractivity contribution in [2.45, 2.75) is 0 Å². The van der Waals surface area contributed by atoms with Gasteiger partial charge in [-0.3, -0.25) is 0 Å². The quantitative estimate of drug-likeness (QED) is 0.156. The Kier molecular flexibility index (Phi) is 8.55. The van der Waals surface area contributed by atoms with Gasteiger partial charge in [0.1, 0.15) is 11.3 Å². The SMILES string of the molecule is c1ccc(-c2c(-c3cccc(-c4ccc(N(c5ccccc5)c5ccc(-c6cccc(-c7cccc8ccccc78)c6)cc5)cc4)c3)oc3ccccc23)cc1. The number of nitrogens with zero attached hydrogens (tertiary/aromatic N) is 1. The first-order chi connectivity index (χ1) is 27.8. The predicted octanol–water partition coefficient (Wildman–Crippen LogP) is 15.4. The Morgan fingerprint density at radius 2 is 0.786 bits per heavy atom. The molecule has 10 rings (SSSR count). The number of hydrogen-bond acceptors (Lipinski definition) is 2. The molecule has 0 amide bonds. The van der Waals surface area contributed by atoms with Crippen LogP contribution in [0.4, 0.5) is 17.1 Å². The van der Waals surface area contributed by atoms with E-state index in [9.17, 15) is 0 Å². The van der Waals surface area contributed by atoms with E-state index < -0.39 is 0 Å². The largest absolute Gasteiger partial charge is 0.455 e. The van der Waals surface area contributed by atoms with Crippen molar-refractivity contribution >= 4 is 38.8 Å². The van der Waals surface area contributed by atoms with Crippen LogP contribution in [-0.2, 0) is 0 Å². The van der Waals surface area contributed by atoms with Crippen molar-refractivity contribution in [1.82, 2.24) is 0 Å². The summed E-state index contributed by atoms with van der Waals surface area (Å²) in [5.74, 6) is 0.884. The van der Waals surface area contributed by atoms with Crippen molar-refractivity contribution in [3.05, 3.63) is 224 Å². The van der Waals surface area contributed by atoms with Crippen LogP contribution in [-0.4, -0.2) is 0 Å². The molecule has 0 aliphatic carbocycles. The molecule has 10 aromatic rings. The van der Waals surface area contributed by atoms with Gasteiger partial charge in [-0.25, -0.2) is 0 Å². The molecule has 1 aromatic heterocycles. The van der Waals surface area contributed by atoms with E-state index in [0.717, 1.165) is 61.6 Å². The number of furan rings is 1. The van der Waals surface area contributed by atoms with Crippen LogP contribution in [0.1, 0.15) is 0 Å². The van der Waals surface area contributed by atoms with Gasteiger partial charge in [-0.2, -0.15) is 0 Å². The Morgan fingerprint density at radius 3 is 1.48 bits per heavy atom. The van der Waals surface area contributed by atoms with Crippen molar-refractivity contribution in [3.63, 3.8) is 0 Å². The number of fused-ring (bicyclic) bond motifs is 2. The first kappa shape index (κ1) is 33.2. The minimum absolute atomic E-state index is 0.884. The summed E-state index contributed by atoms with van der Waals surface area (Å²) in [7, 11) is 0. The van der Waals surface area contributed by atoms with Crippen LogP contribution >= 0.6 is 0 Å². The van der Waals surface area contributed by atoms with Crippen LogP contribution in [0.25, 0.3) is 77.6 Å². The smallest absolute Gasteiger partial charge is 0.143 e. The molecule has 0 saturated carbocycles. The zero-order chi connectivity index (χ0) is 37.3. The molecule has 0 saturated heterocycles. The van der Waals surface area contributed by atoms with Gasteiger partial charge in [-0.1, -0.05) is 170 Å². The summed E-state index contributed by atoms with van der Waals surface area (Å²) >= 11 is 0. The third kappa shape index (κ3) is 6.24. The molecule has 0 unspecified atom stereocenters. The molecule has 9 aromatic carbocycles. The van der Waals surface area contributed by atoms with Crippen LogP contribution in [0.5, 0.6) is 0 Å². The Morgan fingerprint density at radius 1 is 0.304 bits per heavy atom. The number of rotatable bonds is 8. The molecule has 56 heavy (non-hydrogen) atoms. The molecule has 0 N–H and O–H groups in total. The highest BCUT2D eigenvalue weighted by Gasteiger charge is 2.18. The number of para-hydroxylation sites is 2. The third-order valence-corrected chi connectivity index (χ3v) is 10.7. The minimum Gasteiger partial charge on any atom is -0.455 e. The molecule has 2 nitrogen and oxygen atoms in total. The fraction of sp³-hybridized carbons (Fsp3) is 0. The van der Waals surface area contributed by atoms with Crippen LogP contribution in [0, 0.1) is 0 Å². The van der Waals surface area contributed by atoms with E-state index in [1.165, 1.54) is 33.0 Å². The standard InChI is InChI=1S/C54H37NO/c1-3-15-41(16-4-1)53-51-25-9-10-27-52(51)56-54(53)45-21-12-19-43(37-45)39-30-34-48(35-31-39)55(46-22-5-2-6-23-46)47-32-28-38(29-33-47)42-18-11-20-44(36-42)50-26-13-17-40-14-7-8-24-49(40)50/h1-37H. The van der Waals surface area contributed by atoms with E-state index in [2.05, 4.69) is 217 Å². The van der Waals surface area contributed by atoms with Gasteiger partial charge >= 0.3 is 0 Å². The second-order valence-electron chi connectivity index (χ2n) is 14.1. The summed E-state index contributed by atoms with van der Waals surface area (Å²) < 4.78 is 6.55. The van der Waals surface area contributed by atoms with Gasteiger partial charge < -0.3 is 9.32 Å². The minimum atomic E-state index is 0.884. The Labute approximate surface area is 327 Å². The summed E-state index contributed by atoms with van der Waals surface area (Å²) in [6.45, 7) is 0. The van der Waals surface area contributed by atoms with E-state index in [-0.39, 0.29) is 0 Å². The zero-order valence-electron chi connectivity index (χ0n) is 30.7. The van der Waals surface area contributed by atoms with Crippen molar-refractivity contribution in [2.24, 2.45) is 0 Å². The Hall–Kier alpha value is -7.42. The predicted molar refractivity (Wildman–Crippen MR) is 236 cm³/mol. The molecule has 0 aliphatic rings. The molecule has 0 radical (unpaired) electrons. The molecular formula is C54H37NO. The molecule has 0 aliphatic heterocycles. The van der Waals surface area contributed by atoms with Gasteiger partial charge in [0, 0.05) is 33.6 Å². The van der Waals surface area contributed by atoms with Gasteiger partial charge in [-0.15, -0.1) is 0 Å². The second kappa shape index (κ2) is 14.4. The zero-order valence-corrected chi connectivity index (χ0v) is 30.7. The highest BCUT2D eigenvalue weighted by molar-refractivity contribution is 6.02. The molecular weight excluding hydrogens is 679 g/mol. The monoisotopic (exact) mass is 715 g/mol. The lowest BCUT2D eigenvalue weighted by atomic mass is 9.95. The number of anilines is 3. The molecule has 0 spiro atoms. The summed E-state index contributed by atoms with van der Waals surface area (Å²) in [6, 6.07) is 79.8. The van der Waals surface area contributed by atoms with Gasteiger partial charge in [-0.05, 0) is 104 Å². The lowest BCUT2D eigenvalue weighted by Crippen LogP contribution is -2.09. The summed E-state index contributed by atoms with van der Waals surface area (Å²) in [5, 5.41) is 3.64. The molecule has 0 bridgehead atoms. The van der Waals surface area contributed by atoms with E-state index in [1.54, 1.807) is 0 Å². The lowest BCUT2D eigenvalue weighted by Gasteiger charge is -2.26. The summed E-state index contributed by atoms with van der Waals surface area (Å²) in [5.41, 5.74) is 14.6. The molecule has 0 atom stereocenters. The highest BCUT2D eigenvalue weighted by Crippen LogP contribution is 2.42. The topological polar surface area (TPSA) is 16.4 Å². The van der Waals surface area contributed by atoms with Crippen LogP contribution < -0.4 is 4.90 Å². The van der Waals surface area contributed by atoms with Crippen molar-refractivity contribution < 1.29 is 4.42 Å². The van der Waals surface area contributed by atoms with Crippen LogP contribution in [0.15, 0.2) is 229 Å². The molecule has 264 valence electrons. The Balaban J connectivity index is 0.971. The maximum atomic E-state index is 6.55. The summed E-state index contributed by atoms with van der Waals surface area (Å²) in [4.78, 5) is 2.32. The van der Waals surface area contributed by atoms with Gasteiger partial charge in [0.25, 0.3) is 0 Å². The fourth-order valence-electron chi connectivity index (χ4n) is 7.95. The van der Waals surface area contributed by atoms with Crippen molar-refractivity contribution in [1.29, 1.82) is 0 Å². The maximum absolute atomic E-state index is 6.55. The summed E-state index contributed by atoms with van der Waals surface area (Å²) in [6.07, 6.45) is 0. The molecule has 2 heteroatoms. The Bertz CT molecular complexity index is 2940. The first-order valence-corrected chi connectivity index (χ1v) is 19.1. The first-order valence-electron chi connectivity index (χ1n) is 19.1. The highest BCUT2D eigenvalue weighted by atomic mass is 16.3. The number of hydrogen-bond donors (Lipinski definition) is 0. The normalized spacial score (nSPS) is 11.2. The third-order valence-electron chi connectivity index (χ3n) is 10.7. The van der Waals surface area contributed by atoms with Crippen molar-refractivity contribution in [2.75, 3.05) is 4.90 Å². The van der Waals surface area contributed by atoms with Crippen LogP contribution in [0.3, 0.4) is 0 Å².